The van der Waals surface area contributed by atoms with Gasteiger partial charge in [0.1, 0.15) is 0 Å². The Bertz CT molecular complexity index is 90.4. The van der Waals surface area contributed by atoms with E-state index in [0.29, 0.717) is 0 Å². The maximum absolute atomic E-state index is 4.89. The van der Waals surface area contributed by atoms with Gasteiger partial charge in [0.15, 0.2) is 0 Å². The molecule has 0 nitrogen and oxygen atoms in total. The molecule has 0 bridgehead atoms. The second-order valence-electron chi connectivity index (χ2n) is 5.56. The molecule has 0 heterocycles. The van der Waals surface area contributed by atoms with Crippen LogP contribution in [0.5, 0.6) is 0 Å². The fraction of sp³-hybridized carbons (Fsp3) is 0.857. The molecular weight excluding hydrogens is 588 g/mol. The summed E-state index contributed by atoms with van der Waals surface area (Å²) >= 11 is -0.556. The zero-order valence-corrected chi connectivity index (χ0v) is 30.3. The van der Waals surface area contributed by atoms with Crippen LogP contribution in [0.3, 0.4) is 0 Å². The second kappa shape index (κ2) is 63.0. The largest absolute Gasteiger partial charge is 2.00 e. The van der Waals surface area contributed by atoms with Gasteiger partial charge < -0.3 is 11.8 Å². The van der Waals surface area contributed by atoms with Gasteiger partial charge in [-0.2, -0.15) is 41.5 Å². The van der Waals surface area contributed by atoms with Crippen molar-refractivity contribution in [1.29, 1.82) is 0 Å². The van der Waals surface area contributed by atoms with E-state index in [2.05, 4.69) is 87.7 Å². The Morgan fingerprint density at radius 3 is 0.625 bits per heavy atom. The van der Waals surface area contributed by atoms with Crippen LogP contribution in [0.1, 0.15) is 69.2 Å². The molecule has 2 unspecified atom stereocenters. The molecule has 0 fully saturated rings. The summed E-state index contributed by atoms with van der Waals surface area (Å²) in [5.74, 6) is 2.83. The van der Waals surface area contributed by atoms with Crippen molar-refractivity contribution < 1.29 is 126 Å². The predicted octanol–water partition coefficient (Wildman–Crippen LogP) is 7.14. The number of rotatable bonds is 0. The van der Waals surface area contributed by atoms with Gasteiger partial charge in [0, 0.05) is 86.9 Å². The van der Waals surface area contributed by atoms with Gasteiger partial charge in [-0.05, 0) is 11.3 Å². The van der Waals surface area contributed by atoms with Gasteiger partial charge in [0.2, 0.25) is 0 Å². The van der Waals surface area contributed by atoms with E-state index in [9.17, 15) is 0 Å². The first-order chi connectivity index (χ1) is 8.34. The van der Waals surface area contributed by atoms with Gasteiger partial charge in [-0.15, -0.1) is 18.5 Å². The van der Waals surface area contributed by atoms with Crippen molar-refractivity contribution in [1.82, 2.24) is 0 Å². The Kier molecular flexibility index (Phi) is 165. The van der Waals surface area contributed by atoms with E-state index in [-0.39, 0.29) is 109 Å². The monoisotopic (exact) mass is 624 g/mol. The summed E-state index contributed by atoms with van der Waals surface area (Å²) in [6.07, 6.45) is 0. The van der Waals surface area contributed by atoms with E-state index in [0.717, 1.165) is 11.3 Å². The van der Waals surface area contributed by atoms with Gasteiger partial charge in [0.25, 0.3) is 0 Å². The zero-order chi connectivity index (χ0) is 17.0. The first-order valence-electron chi connectivity index (χ1n) is 6.35. The van der Waals surface area contributed by atoms with Gasteiger partial charge >= 0.3 is 57.4 Å². The molecule has 0 spiro atoms. The van der Waals surface area contributed by atoms with Crippen molar-refractivity contribution in [3.63, 3.8) is 0 Å². The van der Waals surface area contributed by atoms with Crippen LogP contribution in [-0.2, 0) is 126 Å². The standard InChI is InChI=1S/2C4H9.2C3H9P.2ClH.6Ti/c2*1-4(2)3;2*1-3(2)4;;;;;;;;/h2*1-3H3;2*3H,4H2,1-2H3;2*1H;;;;;;/q2*-1;;;;;;;;;2*+2/p-2. The van der Waals surface area contributed by atoms with Crippen LogP contribution in [0, 0.1) is 11.8 Å². The van der Waals surface area contributed by atoms with Gasteiger partial charge in [-0.25, -0.2) is 0 Å². The topological polar surface area (TPSA) is 0 Å². The molecule has 0 rings (SSSR count). The summed E-state index contributed by atoms with van der Waals surface area (Å²) in [5.41, 5.74) is 1.50. The van der Waals surface area contributed by atoms with Crippen molar-refractivity contribution in [2.45, 2.75) is 80.6 Å². The van der Waals surface area contributed by atoms with Crippen LogP contribution in [0.2, 0.25) is 0 Å². The minimum absolute atomic E-state index is 0. The minimum Gasteiger partial charge on any atom is 0 e. The molecule has 140 valence electrons. The molecule has 0 radical (unpaired) electrons. The molecule has 10 heteroatoms. The Balaban J connectivity index is -0.0000000122. The molecule has 0 saturated carbocycles. The molecule has 2 atom stereocenters. The molecule has 0 amide bonds. The molecule has 0 aliphatic carbocycles. The summed E-state index contributed by atoms with van der Waals surface area (Å²) in [6, 6.07) is 0. The quantitative estimate of drug-likeness (QED) is 0.153. The molecule has 24 heavy (non-hydrogen) atoms. The molecule has 0 N–H and O–H groups in total. The van der Waals surface area contributed by atoms with Crippen LogP contribution in [0.4, 0.5) is 0 Å². The maximum atomic E-state index is 4.89. The Morgan fingerprint density at radius 1 is 0.625 bits per heavy atom. The minimum atomic E-state index is -0.556. The summed E-state index contributed by atoms with van der Waals surface area (Å²) in [6.45, 7) is 21.0. The van der Waals surface area contributed by atoms with Crippen LogP contribution < -0.4 is 0 Å². The van der Waals surface area contributed by atoms with Crippen LogP contribution in [0.15, 0.2) is 0 Å². The van der Waals surface area contributed by atoms with Gasteiger partial charge in [0.05, 0.1) is 0 Å². The van der Waals surface area contributed by atoms with E-state index >= 15 is 0 Å². The molecule has 0 saturated heterocycles. The first kappa shape index (κ1) is 63.0. The predicted molar refractivity (Wildman–Crippen MR) is 102 cm³/mol. The summed E-state index contributed by atoms with van der Waals surface area (Å²) < 4.78 is 0. The van der Waals surface area contributed by atoms with Crippen molar-refractivity contribution >= 4 is 37.1 Å². The Morgan fingerprint density at radius 2 is 0.625 bits per heavy atom. The van der Waals surface area contributed by atoms with Gasteiger partial charge in [-0.3, -0.25) is 0 Å². The average molecular weight is 624 g/mol. The number of hydrogen-bond donors (Lipinski definition) is 0. The van der Waals surface area contributed by atoms with E-state index in [4.69, 9.17) is 18.6 Å². The second-order valence-corrected chi connectivity index (χ2v) is 10.8. The fourth-order valence-corrected chi connectivity index (χ4v) is 0. The summed E-state index contributed by atoms with van der Waals surface area (Å²) in [4.78, 5) is 0. The van der Waals surface area contributed by atoms with Crippen LogP contribution >= 0.6 is 37.1 Å². The molecule has 0 aliphatic heterocycles. The van der Waals surface area contributed by atoms with E-state index in [1.807, 2.05) is 0 Å². The summed E-state index contributed by atoms with van der Waals surface area (Å²) in [7, 11) is 15.1. The number of hydrogen-bond acceptors (Lipinski definition) is 0. The van der Waals surface area contributed by atoms with Crippen molar-refractivity contribution in [3.05, 3.63) is 11.8 Å². The van der Waals surface area contributed by atoms with Crippen molar-refractivity contribution in [2.75, 3.05) is 0 Å². The van der Waals surface area contributed by atoms with Gasteiger partial charge in [-0.1, -0.05) is 27.7 Å². The van der Waals surface area contributed by atoms with E-state index in [1.54, 1.807) is 0 Å². The van der Waals surface area contributed by atoms with Crippen molar-refractivity contribution in [3.8, 4) is 0 Å². The van der Waals surface area contributed by atoms with E-state index < -0.39 is 17.0 Å². The third kappa shape index (κ3) is 604. The average Bonchev–Trinajstić information content (AvgIpc) is 1.97. The van der Waals surface area contributed by atoms with Crippen LogP contribution in [0.25, 0.3) is 0 Å². The zero-order valence-electron chi connectivity index (χ0n) is 17.1. The molecule has 0 aliphatic rings. The van der Waals surface area contributed by atoms with Crippen LogP contribution in [-0.4, -0.2) is 11.3 Å². The third-order valence-corrected chi connectivity index (χ3v) is 0. The Hall–Kier alpha value is 5.73. The molecule has 0 aromatic carbocycles. The SMILES string of the molecule is CC(C)P.CC(C)P.C[C-](C)C.C[C-](C)C.[Cl][Ti][Cl].[Ti+2].[Ti].[Ti].[Ti].[Ti]. The fourth-order valence-electron chi connectivity index (χ4n) is 0. The van der Waals surface area contributed by atoms with E-state index in [1.165, 1.54) is 11.8 Å². The number of halogens is 2. The smallest absolute Gasteiger partial charge is 0 e. The maximum Gasteiger partial charge on any atom is 2.00 e. The molecule has 0 aromatic rings. The normalized spacial score (nSPS) is 6.58. The third-order valence-electron chi connectivity index (χ3n) is 0. The summed E-state index contributed by atoms with van der Waals surface area (Å²) in [5, 5.41) is 0. The molecule has 0 aromatic heterocycles. The first-order valence-corrected chi connectivity index (χ1v) is 12.0. The van der Waals surface area contributed by atoms with Crippen molar-refractivity contribution in [2.24, 2.45) is 0 Å². The Labute approximate surface area is 251 Å². The molecular formula is C14H36Cl2P2Ti6.